The molecule has 0 radical (unpaired) electrons. The molecule has 3 rings (SSSR count). The molecule has 0 saturated heterocycles. The number of hydrogen-bond donors (Lipinski definition) is 2. The van der Waals surface area contributed by atoms with Crippen LogP contribution in [-0.2, 0) is 16.6 Å². The zero-order valence-corrected chi connectivity index (χ0v) is 16.5. The van der Waals surface area contributed by atoms with E-state index in [2.05, 4.69) is 31.0 Å². The Kier molecular flexibility index (Phi) is 5.88. The van der Waals surface area contributed by atoms with Gasteiger partial charge in [0, 0.05) is 34.7 Å². The van der Waals surface area contributed by atoms with Gasteiger partial charge in [0.15, 0.2) is 0 Å². The summed E-state index contributed by atoms with van der Waals surface area (Å²) in [6.07, 6.45) is 3.28. The number of amides is 1. The number of nitrogens with zero attached hydrogens (tertiary/aromatic N) is 1. The zero-order chi connectivity index (χ0) is 19.3. The molecule has 1 heterocycles. The largest absolute Gasteiger partial charge is 0.348 e. The maximum Gasteiger partial charge on any atom is 0.261 e. The van der Waals surface area contributed by atoms with Gasteiger partial charge in [0.2, 0.25) is 0 Å². The number of rotatable bonds is 6. The van der Waals surface area contributed by atoms with Crippen molar-refractivity contribution in [2.75, 3.05) is 4.72 Å². The van der Waals surface area contributed by atoms with Crippen LogP contribution in [0.2, 0.25) is 0 Å². The van der Waals surface area contributed by atoms with Gasteiger partial charge in [0.05, 0.1) is 4.90 Å². The first kappa shape index (κ1) is 19.1. The fraction of sp³-hybridized carbons (Fsp3) is 0.0526. The van der Waals surface area contributed by atoms with Crippen LogP contribution in [0.3, 0.4) is 0 Å². The van der Waals surface area contributed by atoms with Crippen molar-refractivity contribution in [2.45, 2.75) is 11.4 Å². The first-order chi connectivity index (χ1) is 12.9. The summed E-state index contributed by atoms with van der Waals surface area (Å²) in [5, 5.41) is 2.76. The standard InChI is InChI=1S/C19H16BrN3O3S/c20-16-4-6-17(7-5-16)23-27(25,26)18-3-1-2-15(12-18)19(24)22-13-14-8-10-21-11-9-14/h1-12,23H,13H2,(H,22,24). The lowest BCUT2D eigenvalue weighted by atomic mass is 10.2. The lowest BCUT2D eigenvalue weighted by Gasteiger charge is -2.10. The van der Waals surface area contributed by atoms with Crippen LogP contribution in [0.15, 0.2) is 82.4 Å². The second-order valence-corrected chi connectivity index (χ2v) is 8.28. The molecule has 0 saturated carbocycles. The Bertz CT molecular complexity index is 1040. The van der Waals surface area contributed by atoms with Gasteiger partial charge in [-0.05, 0) is 60.2 Å². The van der Waals surface area contributed by atoms with E-state index in [0.717, 1.165) is 10.0 Å². The number of hydrogen-bond acceptors (Lipinski definition) is 4. The van der Waals surface area contributed by atoms with Crippen molar-refractivity contribution in [2.24, 2.45) is 0 Å². The summed E-state index contributed by atoms with van der Waals surface area (Å²) in [6, 6.07) is 16.3. The van der Waals surface area contributed by atoms with Gasteiger partial charge in [-0.25, -0.2) is 8.42 Å². The summed E-state index contributed by atoms with van der Waals surface area (Å²) >= 11 is 3.30. The van der Waals surface area contributed by atoms with Crippen LogP contribution in [0.5, 0.6) is 0 Å². The van der Waals surface area contributed by atoms with E-state index in [1.54, 1.807) is 54.9 Å². The van der Waals surface area contributed by atoms with Crippen molar-refractivity contribution < 1.29 is 13.2 Å². The third-order valence-electron chi connectivity index (χ3n) is 3.71. The Morgan fingerprint density at radius 2 is 1.70 bits per heavy atom. The summed E-state index contributed by atoms with van der Waals surface area (Å²) in [6.45, 7) is 0.329. The first-order valence-corrected chi connectivity index (χ1v) is 10.3. The van der Waals surface area contributed by atoms with Crippen LogP contribution < -0.4 is 10.0 Å². The van der Waals surface area contributed by atoms with Crippen molar-refractivity contribution in [3.8, 4) is 0 Å². The van der Waals surface area contributed by atoms with E-state index in [1.807, 2.05) is 0 Å². The van der Waals surface area contributed by atoms with Crippen molar-refractivity contribution in [3.05, 3.63) is 88.7 Å². The first-order valence-electron chi connectivity index (χ1n) is 7.99. The van der Waals surface area contributed by atoms with Gasteiger partial charge >= 0.3 is 0 Å². The Labute approximate surface area is 165 Å². The lowest BCUT2D eigenvalue weighted by Crippen LogP contribution is -2.23. The molecule has 0 aliphatic heterocycles. The number of pyridine rings is 1. The molecule has 3 aromatic rings. The average Bonchev–Trinajstić information content (AvgIpc) is 2.68. The summed E-state index contributed by atoms with van der Waals surface area (Å²) in [7, 11) is -3.80. The monoisotopic (exact) mass is 445 g/mol. The number of anilines is 1. The van der Waals surface area contributed by atoms with Crippen molar-refractivity contribution in [1.82, 2.24) is 10.3 Å². The minimum atomic E-state index is -3.80. The number of nitrogens with one attached hydrogen (secondary N) is 2. The molecular formula is C19H16BrN3O3S. The smallest absolute Gasteiger partial charge is 0.261 e. The quantitative estimate of drug-likeness (QED) is 0.606. The summed E-state index contributed by atoms with van der Waals surface area (Å²) in [5.41, 5.74) is 1.60. The van der Waals surface area contributed by atoms with E-state index in [0.29, 0.717) is 12.2 Å². The summed E-state index contributed by atoms with van der Waals surface area (Å²) in [5.74, 6) is -0.354. The molecule has 0 aliphatic rings. The molecule has 1 aromatic heterocycles. The molecule has 2 N–H and O–H groups in total. The topological polar surface area (TPSA) is 88.2 Å². The fourth-order valence-electron chi connectivity index (χ4n) is 2.32. The molecule has 0 fully saturated rings. The van der Waals surface area contributed by atoms with Crippen molar-refractivity contribution in [3.63, 3.8) is 0 Å². The minimum absolute atomic E-state index is 0.0157. The summed E-state index contributed by atoms with van der Waals surface area (Å²) < 4.78 is 28.5. The Morgan fingerprint density at radius 3 is 2.41 bits per heavy atom. The van der Waals surface area contributed by atoms with Gasteiger partial charge in [0.1, 0.15) is 0 Å². The average molecular weight is 446 g/mol. The normalized spacial score (nSPS) is 11.0. The van der Waals surface area contributed by atoms with E-state index in [9.17, 15) is 13.2 Å². The molecule has 0 bridgehead atoms. The molecule has 0 aliphatic carbocycles. The molecule has 6 nitrogen and oxygen atoms in total. The number of aromatic nitrogens is 1. The fourth-order valence-corrected chi connectivity index (χ4v) is 3.69. The lowest BCUT2D eigenvalue weighted by molar-refractivity contribution is 0.0950. The number of carbonyl (C=O) groups excluding carboxylic acids is 1. The highest BCUT2D eigenvalue weighted by Gasteiger charge is 2.16. The Balaban J connectivity index is 1.73. The Morgan fingerprint density at radius 1 is 1.00 bits per heavy atom. The maximum atomic E-state index is 12.6. The van der Waals surface area contributed by atoms with Crippen molar-refractivity contribution >= 4 is 37.5 Å². The predicted octanol–water partition coefficient (Wildman–Crippen LogP) is 3.57. The van der Waals surface area contributed by atoms with Crippen LogP contribution in [0.1, 0.15) is 15.9 Å². The molecule has 138 valence electrons. The van der Waals surface area contributed by atoms with Crippen molar-refractivity contribution in [1.29, 1.82) is 0 Å². The van der Waals surface area contributed by atoms with E-state index >= 15 is 0 Å². The van der Waals surface area contributed by atoms with Gasteiger partial charge in [-0.1, -0.05) is 22.0 Å². The van der Waals surface area contributed by atoms with Crippen LogP contribution in [-0.4, -0.2) is 19.3 Å². The highest BCUT2D eigenvalue weighted by molar-refractivity contribution is 9.10. The van der Waals surface area contributed by atoms with Gasteiger partial charge in [-0.2, -0.15) is 0 Å². The maximum absolute atomic E-state index is 12.6. The third-order valence-corrected chi connectivity index (χ3v) is 5.61. The van der Waals surface area contributed by atoms with Gasteiger partial charge in [-0.15, -0.1) is 0 Å². The van der Waals surface area contributed by atoms with Gasteiger partial charge < -0.3 is 5.32 Å². The van der Waals surface area contributed by atoms with Crippen LogP contribution >= 0.6 is 15.9 Å². The SMILES string of the molecule is O=C(NCc1ccncc1)c1cccc(S(=O)(=O)Nc2ccc(Br)cc2)c1. The number of carbonyl (C=O) groups is 1. The van der Waals surface area contributed by atoms with Gasteiger partial charge in [-0.3, -0.25) is 14.5 Å². The zero-order valence-electron chi connectivity index (χ0n) is 14.1. The molecule has 2 aromatic carbocycles. The second kappa shape index (κ2) is 8.32. The molecule has 0 atom stereocenters. The van der Waals surface area contributed by atoms with Crippen LogP contribution in [0.4, 0.5) is 5.69 Å². The minimum Gasteiger partial charge on any atom is -0.348 e. The predicted molar refractivity (Wildman–Crippen MR) is 107 cm³/mol. The molecular weight excluding hydrogens is 430 g/mol. The number of benzene rings is 2. The van der Waals surface area contributed by atoms with Crippen LogP contribution in [0.25, 0.3) is 0 Å². The van der Waals surface area contributed by atoms with Crippen LogP contribution in [0, 0.1) is 0 Å². The Hall–Kier alpha value is -2.71. The molecule has 8 heteroatoms. The molecule has 0 spiro atoms. The summed E-state index contributed by atoms with van der Waals surface area (Å²) in [4.78, 5) is 16.3. The van der Waals surface area contributed by atoms with E-state index < -0.39 is 10.0 Å². The molecule has 1 amide bonds. The molecule has 0 unspecified atom stereocenters. The van der Waals surface area contributed by atoms with E-state index in [1.165, 1.54) is 18.2 Å². The van der Waals surface area contributed by atoms with Gasteiger partial charge in [0.25, 0.3) is 15.9 Å². The molecule has 27 heavy (non-hydrogen) atoms. The highest BCUT2D eigenvalue weighted by atomic mass is 79.9. The van der Waals surface area contributed by atoms with E-state index in [4.69, 9.17) is 0 Å². The number of halogens is 1. The second-order valence-electron chi connectivity index (χ2n) is 5.68. The highest BCUT2D eigenvalue weighted by Crippen LogP contribution is 2.19. The third kappa shape index (κ3) is 5.15. The number of sulfonamides is 1. The van der Waals surface area contributed by atoms with E-state index in [-0.39, 0.29) is 16.4 Å².